The first-order valence-corrected chi connectivity index (χ1v) is 9.78. The molecular formula is C23H28ClN3O3. The number of hydrogen-bond donors (Lipinski definition) is 1. The van der Waals surface area contributed by atoms with E-state index < -0.39 is 0 Å². The third-order valence-corrected chi connectivity index (χ3v) is 4.90. The van der Waals surface area contributed by atoms with Crippen LogP contribution >= 0.6 is 12.4 Å². The summed E-state index contributed by atoms with van der Waals surface area (Å²) in [5.41, 5.74) is 2.35. The molecule has 0 atom stereocenters. The molecule has 0 saturated carbocycles. The normalized spacial score (nSPS) is 14.8. The summed E-state index contributed by atoms with van der Waals surface area (Å²) in [4.78, 5) is 28.3. The summed E-state index contributed by atoms with van der Waals surface area (Å²) in [6.45, 7) is 4.91. The summed E-state index contributed by atoms with van der Waals surface area (Å²) in [6.07, 6.45) is 4.33. The minimum absolute atomic E-state index is 0. The van der Waals surface area contributed by atoms with Crippen LogP contribution in [0.2, 0.25) is 0 Å². The molecule has 0 spiro atoms. The van der Waals surface area contributed by atoms with Crippen molar-refractivity contribution < 1.29 is 14.3 Å². The Hall–Kier alpha value is -2.67. The van der Waals surface area contributed by atoms with Crippen molar-refractivity contribution in [1.82, 2.24) is 9.80 Å². The Labute approximate surface area is 183 Å². The van der Waals surface area contributed by atoms with Crippen LogP contribution in [0, 0.1) is 0 Å². The maximum atomic E-state index is 12.3. The summed E-state index contributed by atoms with van der Waals surface area (Å²) in [7, 11) is 1.34. The molecule has 1 aliphatic heterocycles. The molecule has 1 aliphatic rings. The van der Waals surface area contributed by atoms with Gasteiger partial charge >= 0.3 is 5.97 Å². The number of piperazine rings is 1. The van der Waals surface area contributed by atoms with Crippen molar-refractivity contribution in [3.63, 3.8) is 0 Å². The van der Waals surface area contributed by atoms with Crippen molar-refractivity contribution in [3.8, 4) is 0 Å². The van der Waals surface area contributed by atoms with Crippen molar-refractivity contribution >= 4 is 36.0 Å². The van der Waals surface area contributed by atoms with Gasteiger partial charge in [0.05, 0.1) is 19.2 Å². The zero-order chi connectivity index (χ0) is 20.5. The molecular weight excluding hydrogens is 402 g/mol. The Morgan fingerprint density at radius 3 is 2.23 bits per heavy atom. The zero-order valence-corrected chi connectivity index (χ0v) is 17.9. The van der Waals surface area contributed by atoms with Crippen LogP contribution in [0.3, 0.4) is 0 Å². The van der Waals surface area contributed by atoms with Gasteiger partial charge in [-0.1, -0.05) is 42.5 Å². The van der Waals surface area contributed by atoms with Crippen molar-refractivity contribution in [1.29, 1.82) is 0 Å². The smallest absolute Gasteiger partial charge is 0.337 e. The summed E-state index contributed by atoms with van der Waals surface area (Å²) in [5.74, 6) is -0.437. The number of halogens is 1. The van der Waals surface area contributed by atoms with E-state index >= 15 is 0 Å². The Bertz CT molecular complexity index is 833. The largest absolute Gasteiger partial charge is 0.465 e. The predicted octanol–water partition coefficient (Wildman–Crippen LogP) is 3.16. The highest BCUT2D eigenvalue weighted by molar-refractivity contribution is 5.94. The fourth-order valence-electron chi connectivity index (χ4n) is 3.24. The number of nitrogens with zero attached hydrogens (tertiary/aromatic N) is 2. The third-order valence-electron chi connectivity index (χ3n) is 4.90. The van der Waals surface area contributed by atoms with Gasteiger partial charge in [-0.3, -0.25) is 14.6 Å². The number of hydrogen-bond acceptors (Lipinski definition) is 5. The summed E-state index contributed by atoms with van der Waals surface area (Å²) < 4.78 is 4.67. The van der Waals surface area contributed by atoms with E-state index in [4.69, 9.17) is 0 Å². The van der Waals surface area contributed by atoms with Crippen LogP contribution < -0.4 is 5.32 Å². The van der Waals surface area contributed by atoms with Gasteiger partial charge in [-0.2, -0.15) is 0 Å². The minimum Gasteiger partial charge on any atom is -0.465 e. The second-order valence-corrected chi connectivity index (χ2v) is 7.01. The Balaban J connectivity index is 0.00000320. The first kappa shape index (κ1) is 23.6. The van der Waals surface area contributed by atoms with Crippen LogP contribution in [0.5, 0.6) is 0 Å². The van der Waals surface area contributed by atoms with E-state index in [9.17, 15) is 9.59 Å². The third kappa shape index (κ3) is 7.30. The molecule has 30 heavy (non-hydrogen) atoms. The molecule has 1 N–H and O–H groups in total. The lowest BCUT2D eigenvalue weighted by molar-refractivity contribution is -0.117. The quantitative estimate of drug-likeness (QED) is 0.685. The van der Waals surface area contributed by atoms with Crippen molar-refractivity contribution in [2.75, 3.05) is 51.7 Å². The molecule has 2 aromatic carbocycles. The van der Waals surface area contributed by atoms with Gasteiger partial charge in [0, 0.05) is 38.4 Å². The average Bonchev–Trinajstić information content (AvgIpc) is 2.75. The molecule has 1 fully saturated rings. The van der Waals surface area contributed by atoms with Gasteiger partial charge in [0.1, 0.15) is 0 Å². The lowest BCUT2D eigenvalue weighted by atomic mass is 10.2. The lowest BCUT2D eigenvalue weighted by Crippen LogP contribution is -2.48. The van der Waals surface area contributed by atoms with Crippen molar-refractivity contribution in [2.24, 2.45) is 0 Å². The maximum Gasteiger partial charge on any atom is 0.337 e. The van der Waals surface area contributed by atoms with E-state index in [-0.39, 0.29) is 24.3 Å². The maximum absolute atomic E-state index is 12.3. The molecule has 3 rings (SSSR count). The van der Waals surface area contributed by atoms with Crippen LogP contribution in [0.25, 0.3) is 6.08 Å². The average molecular weight is 430 g/mol. The number of esters is 1. The van der Waals surface area contributed by atoms with Crippen LogP contribution in [0.1, 0.15) is 15.9 Å². The molecule has 0 bridgehead atoms. The van der Waals surface area contributed by atoms with Gasteiger partial charge in [-0.05, 0) is 29.8 Å². The van der Waals surface area contributed by atoms with Crippen LogP contribution in [0.4, 0.5) is 5.69 Å². The number of anilines is 1. The predicted molar refractivity (Wildman–Crippen MR) is 122 cm³/mol. The molecule has 0 unspecified atom stereocenters. The molecule has 0 aromatic heterocycles. The SMILES string of the molecule is COC(=O)c1ccc(NC(=O)CN2CCN(C/C=C/c3ccccc3)CC2)cc1.Cl. The molecule has 2 aromatic rings. The fraction of sp³-hybridized carbons (Fsp3) is 0.304. The van der Waals surface area contributed by atoms with Gasteiger partial charge in [-0.15, -0.1) is 12.4 Å². The number of carbonyl (C=O) groups is 2. The lowest BCUT2D eigenvalue weighted by Gasteiger charge is -2.33. The van der Waals surface area contributed by atoms with Crippen LogP contribution in [-0.2, 0) is 9.53 Å². The van der Waals surface area contributed by atoms with Gasteiger partial charge < -0.3 is 10.1 Å². The van der Waals surface area contributed by atoms with Gasteiger partial charge in [-0.25, -0.2) is 4.79 Å². The molecule has 0 radical (unpaired) electrons. The van der Waals surface area contributed by atoms with Gasteiger partial charge in [0.25, 0.3) is 0 Å². The fourth-order valence-corrected chi connectivity index (χ4v) is 3.24. The van der Waals surface area contributed by atoms with Crippen LogP contribution in [-0.4, -0.2) is 68.1 Å². The topological polar surface area (TPSA) is 61.9 Å². The number of ether oxygens (including phenoxy) is 1. The van der Waals surface area contributed by atoms with E-state index in [0.717, 1.165) is 32.7 Å². The Kier molecular flexibility index (Phi) is 9.54. The number of amides is 1. The highest BCUT2D eigenvalue weighted by Crippen LogP contribution is 2.11. The molecule has 160 valence electrons. The van der Waals surface area contributed by atoms with E-state index in [1.807, 2.05) is 18.2 Å². The van der Waals surface area contributed by atoms with Crippen molar-refractivity contribution in [3.05, 3.63) is 71.8 Å². The zero-order valence-electron chi connectivity index (χ0n) is 17.1. The number of rotatable bonds is 7. The number of carbonyl (C=O) groups excluding carboxylic acids is 2. The highest BCUT2D eigenvalue weighted by atomic mass is 35.5. The molecule has 1 saturated heterocycles. The first-order valence-electron chi connectivity index (χ1n) is 9.78. The number of nitrogens with one attached hydrogen (secondary N) is 1. The molecule has 7 heteroatoms. The van der Waals surface area contributed by atoms with E-state index in [1.165, 1.54) is 12.7 Å². The van der Waals surface area contributed by atoms with E-state index in [0.29, 0.717) is 17.8 Å². The minimum atomic E-state index is -0.389. The molecule has 0 aliphatic carbocycles. The Morgan fingerprint density at radius 1 is 0.967 bits per heavy atom. The first-order chi connectivity index (χ1) is 14.1. The summed E-state index contributed by atoms with van der Waals surface area (Å²) in [6, 6.07) is 17.0. The second-order valence-electron chi connectivity index (χ2n) is 7.01. The second kappa shape index (κ2) is 12.1. The van der Waals surface area contributed by atoms with Gasteiger partial charge in [0.2, 0.25) is 5.91 Å². The monoisotopic (exact) mass is 429 g/mol. The van der Waals surface area contributed by atoms with E-state index in [2.05, 4.69) is 44.1 Å². The summed E-state index contributed by atoms with van der Waals surface area (Å²) in [5, 5.41) is 2.88. The van der Waals surface area contributed by atoms with Gasteiger partial charge in [0.15, 0.2) is 0 Å². The van der Waals surface area contributed by atoms with E-state index in [1.54, 1.807) is 24.3 Å². The Morgan fingerprint density at radius 2 is 1.60 bits per heavy atom. The molecule has 1 amide bonds. The standard InChI is InChI=1S/C23H27N3O3.ClH/c1-29-23(28)20-9-11-21(12-10-20)24-22(27)18-26-16-14-25(15-17-26)13-5-8-19-6-3-2-4-7-19;/h2-12H,13-18H2,1H3,(H,24,27);1H/b8-5+;. The number of benzene rings is 2. The molecule has 6 nitrogen and oxygen atoms in total. The van der Waals surface area contributed by atoms with Crippen LogP contribution in [0.15, 0.2) is 60.7 Å². The highest BCUT2D eigenvalue weighted by Gasteiger charge is 2.18. The van der Waals surface area contributed by atoms with Crippen molar-refractivity contribution in [2.45, 2.75) is 0 Å². The summed E-state index contributed by atoms with van der Waals surface area (Å²) >= 11 is 0. The number of methoxy groups -OCH3 is 1. The molecule has 1 heterocycles.